The first-order valence-corrected chi connectivity index (χ1v) is 8.75. The molecule has 28 heavy (non-hydrogen) atoms. The molecule has 0 saturated carbocycles. The van der Waals surface area contributed by atoms with E-state index >= 15 is 0 Å². The monoisotopic (exact) mass is 447 g/mol. The van der Waals surface area contributed by atoms with Crippen LogP contribution in [0, 0.1) is 17.0 Å². The fourth-order valence-electron chi connectivity index (χ4n) is 2.30. The number of carbonyl (C=O) groups excluding carboxylic acids is 1. The van der Waals surface area contributed by atoms with Crippen molar-refractivity contribution in [1.82, 2.24) is 20.0 Å². The quantitative estimate of drug-likeness (QED) is 0.251. The molecule has 0 atom stereocenters. The van der Waals surface area contributed by atoms with Crippen molar-refractivity contribution in [3.8, 4) is 17.1 Å². The molecule has 3 aromatic rings. The number of benzene rings is 1. The summed E-state index contributed by atoms with van der Waals surface area (Å²) in [5.74, 6) is 0.129. The van der Waals surface area contributed by atoms with Crippen LogP contribution in [0.1, 0.15) is 11.4 Å². The number of halogens is 1. The molecule has 1 aromatic carbocycles. The standard InChI is InChI=1S/C17H14BrN5O5/c1-10-13(18)7-8-14(19-10)16-15(22(2)21-20-16)9-27-17(24)28-12-5-3-11(4-6-12)23(25)26/h3-8H,9H2,1-2H3. The molecule has 0 N–H and O–H groups in total. The van der Waals surface area contributed by atoms with Gasteiger partial charge in [-0.05, 0) is 47.1 Å². The second-order valence-electron chi connectivity index (χ2n) is 5.66. The van der Waals surface area contributed by atoms with Gasteiger partial charge >= 0.3 is 6.16 Å². The van der Waals surface area contributed by atoms with Crippen LogP contribution in [0.5, 0.6) is 5.75 Å². The van der Waals surface area contributed by atoms with E-state index in [1.807, 2.05) is 13.0 Å². The predicted octanol–water partition coefficient (Wildman–Crippen LogP) is 3.57. The van der Waals surface area contributed by atoms with E-state index < -0.39 is 11.1 Å². The van der Waals surface area contributed by atoms with E-state index in [1.165, 1.54) is 28.9 Å². The van der Waals surface area contributed by atoms with Crippen LogP contribution in [-0.2, 0) is 18.4 Å². The summed E-state index contributed by atoms with van der Waals surface area (Å²) in [6.45, 7) is 1.71. The lowest BCUT2D eigenvalue weighted by atomic mass is 10.2. The Kier molecular flexibility index (Phi) is 5.64. The summed E-state index contributed by atoms with van der Waals surface area (Å²) in [5.41, 5.74) is 2.29. The first-order chi connectivity index (χ1) is 13.3. The average Bonchev–Trinajstić information content (AvgIpc) is 3.03. The van der Waals surface area contributed by atoms with Gasteiger partial charge in [0, 0.05) is 23.7 Å². The van der Waals surface area contributed by atoms with Gasteiger partial charge in [0.1, 0.15) is 23.7 Å². The summed E-state index contributed by atoms with van der Waals surface area (Å²) >= 11 is 3.39. The summed E-state index contributed by atoms with van der Waals surface area (Å²) in [4.78, 5) is 26.5. The Morgan fingerprint density at radius 2 is 1.96 bits per heavy atom. The van der Waals surface area contributed by atoms with Crippen LogP contribution in [0.3, 0.4) is 0 Å². The van der Waals surface area contributed by atoms with Crippen molar-refractivity contribution >= 4 is 27.8 Å². The molecular formula is C17H14BrN5O5. The third kappa shape index (κ3) is 4.31. The zero-order chi connectivity index (χ0) is 20.3. The zero-order valence-electron chi connectivity index (χ0n) is 14.8. The number of nitro groups is 1. The maximum absolute atomic E-state index is 11.9. The van der Waals surface area contributed by atoms with Gasteiger partial charge in [0.05, 0.1) is 16.3 Å². The molecule has 11 heteroatoms. The smallest absolute Gasteiger partial charge is 0.427 e. The highest BCUT2D eigenvalue weighted by Gasteiger charge is 2.17. The minimum absolute atomic E-state index is 0.108. The zero-order valence-corrected chi connectivity index (χ0v) is 16.4. The van der Waals surface area contributed by atoms with Crippen LogP contribution >= 0.6 is 15.9 Å². The van der Waals surface area contributed by atoms with Gasteiger partial charge in [-0.25, -0.2) is 9.48 Å². The number of aromatic nitrogens is 4. The maximum Gasteiger partial charge on any atom is 0.514 e. The SMILES string of the molecule is Cc1nc(-c2nnn(C)c2COC(=O)Oc2ccc([N+](=O)[O-])cc2)ccc1Br. The number of nitro benzene ring substituents is 1. The molecule has 0 unspecified atom stereocenters. The van der Waals surface area contributed by atoms with Gasteiger partial charge in [-0.3, -0.25) is 15.1 Å². The Balaban J connectivity index is 1.69. The van der Waals surface area contributed by atoms with Gasteiger partial charge in [-0.1, -0.05) is 5.21 Å². The van der Waals surface area contributed by atoms with E-state index in [4.69, 9.17) is 9.47 Å². The number of rotatable bonds is 5. The van der Waals surface area contributed by atoms with Crippen molar-refractivity contribution in [1.29, 1.82) is 0 Å². The molecule has 3 rings (SSSR count). The molecule has 0 saturated heterocycles. The van der Waals surface area contributed by atoms with Crippen molar-refractivity contribution < 1.29 is 19.2 Å². The lowest BCUT2D eigenvalue weighted by molar-refractivity contribution is -0.384. The van der Waals surface area contributed by atoms with Crippen LogP contribution < -0.4 is 4.74 Å². The molecule has 10 nitrogen and oxygen atoms in total. The van der Waals surface area contributed by atoms with E-state index in [1.54, 1.807) is 13.1 Å². The first-order valence-electron chi connectivity index (χ1n) is 7.96. The Hall–Kier alpha value is -3.34. The fourth-order valence-corrected chi connectivity index (χ4v) is 2.52. The normalized spacial score (nSPS) is 10.5. The number of nitrogens with zero attached hydrogens (tertiary/aromatic N) is 5. The molecule has 0 amide bonds. The van der Waals surface area contributed by atoms with Crippen molar-refractivity contribution in [3.05, 3.63) is 62.4 Å². The number of pyridine rings is 1. The highest BCUT2D eigenvalue weighted by Crippen LogP contribution is 2.23. The number of non-ortho nitro benzene ring substituents is 1. The van der Waals surface area contributed by atoms with Gasteiger partial charge in [-0.2, -0.15) is 0 Å². The van der Waals surface area contributed by atoms with Crippen LogP contribution in [0.25, 0.3) is 11.4 Å². The van der Waals surface area contributed by atoms with Crippen molar-refractivity contribution in [2.24, 2.45) is 7.05 Å². The number of hydrogen-bond donors (Lipinski definition) is 0. The van der Waals surface area contributed by atoms with Crippen LogP contribution in [0.15, 0.2) is 40.9 Å². The topological polar surface area (TPSA) is 122 Å². The first kappa shape index (κ1) is 19.4. The fraction of sp³-hybridized carbons (Fsp3) is 0.176. The molecule has 0 aliphatic rings. The minimum Gasteiger partial charge on any atom is -0.427 e. The van der Waals surface area contributed by atoms with E-state index in [9.17, 15) is 14.9 Å². The Bertz CT molecular complexity index is 1030. The lowest BCUT2D eigenvalue weighted by Crippen LogP contribution is -2.12. The summed E-state index contributed by atoms with van der Waals surface area (Å²) in [6.07, 6.45) is -0.957. The second-order valence-corrected chi connectivity index (χ2v) is 6.52. The molecule has 0 radical (unpaired) electrons. The summed E-state index contributed by atoms with van der Waals surface area (Å²) < 4.78 is 12.5. The summed E-state index contributed by atoms with van der Waals surface area (Å²) in [7, 11) is 1.67. The highest BCUT2D eigenvalue weighted by molar-refractivity contribution is 9.10. The summed E-state index contributed by atoms with van der Waals surface area (Å²) in [5, 5.41) is 18.7. The van der Waals surface area contributed by atoms with E-state index in [-0.39, 0.29) is 18.0 Å². The molecule has 2 aromatic heterocycles. The van der Waals surface area contributed by atoms with Crippen LogP contribution in [0.4, 0.5) is 10.5 Å². The van der Waals surface area contributed by atoms with Crippen molar-refractivity contribution in [2.75, 3.05) is 0 Å². The predicted molar refractivity (Wildman–Crippen MR) is 101 cm³/mol. The van der Waals surface area contributed by atoms with E-state index in [2.05, 4.69) is 31.2 Å². The molecule has 2 heterocycles. The van der Waals surface area contributed by atoms with Crippen molar-refractivity contribution in [2.45, 2.75) is 13.5 Å². The average molecular weight is 448 g/mol. The minimum atomic E-state index is -0.957. The maximum atomic E-state index is 11.9. The number of ether oxygens (including phenoxy) is 2. The third-order valence-electron chi connectivity index (χ3n) is 3.78. The Morgan fingerprint density at radius 1 is 1.25 bits per heavy atom. The van der Waals surface area contributed by atoms with E-state index in [0.29, 0.717) is 17.1 Å². The summed E-state index contributed by atoms with van der Waals surface area (Å²) in [6, 6.07) is 8.70. The number of aryl methyl sites for hydroxylation is 2. The van der Waals surface area contributed by atoms with Gasteiger partial charge in [0.2, 0.25) is 0 Å². The van der Waals surface area contributed by atoms with Gasteiger partial charge in [0.25, 0.3) is 5.69 Å². The molecule has 0 aliphatic heterocycles. The van der Waals surface area contributed by atoms with Gasteiger partial charge in [-0.15, -0.1) is 5.10 Å². The molecule has 0 aliphatic carbocycles. The Labute approximate surface area is 167 Å². The van der Waals surface area contributed by atoms with Crippen LogP contribution in [-0.4, -0.2) is 31.1 Å². The molecular weight excluding hydrogens is 434 g/mol. The van der Waals surface area contributed by atoms with Crippen LogP contribution in [0.2, 0.25) is 0 Å². The second kappa shape index (κ2) is 8.13. The Morgan fingerprint density at radius 3 is 2.61 bits per heavy atom. The number of hydrogen-bond acceptors (Lipinski definition) is 8. The largest absolute Gasteiger partial charge is 0.514 e. The van der Waals surface area contributed by atoms with Gasteiger partial charge in [0.15, 0.2) is 0 Å². The molecule has 0 fully saturated rings. The number of carbonyl (C=O) groups is 1. The van der Waals surface area contributed by atoms with Crippen molar-refractivity contribution in [3.63, 3.8) is 0 Å². The highest BCUT2D eigenvalue weighted by atomic mass is 79.9. The lowest BCUT2D eigenvalue weighted by Gasteiger charge is -2.08. The molecule has 0 spiro atoms. The molecule has 144 valence electrons. The van der Waals surface area contributed by atoms with Gasteiger partial charge < -0.3 is 9.47 Å². The van der Waals surface area contributed by atoms with E-state index in [0.717, 1.165) is 10.2 Å². The third-order valence-corrected chi connectivity index (χ3v) is 4.62. The molecule has 0 bridgehead atoms.